The minimum Gasteiger partial charge on any atom is -0.206 e. The zero-order valence-electron chi connectivity index (χ0n) is 9.64. The van der Waals surface area contributed by atoms with E-state index in [4.69, 9.17) is 0 Å². The van der Waals surface area contributed by atoms with Crippen LogP contribution in [0.4, 0.5) is 0 Å². The molecule has 7 heteroatoms. The Morgan fingerprint density at radius 1 is 1.28 bits per heavy atom. The molecule has 3 nitrogen and oxygen atoms in total. The highest BCUT2D eigenvalue weighted by molar-refractivity contribution is 9.10. The number of halogens is 1. The molecule has 0 atom stereocenters. The summed E-state index contributed by atoms with van der Waals surface area (Å²) >= 11 is 6.03. The molecule has 0 unspecified atom stereocenters. The smallest absolute Gasteiger partial charge is 0.206 e. The highest BCUT2D eigenvalue weighted by Gasteiger charge is 2.19. The van der Waals surface area contributed by atoms with Gasteiger partial charge in [-0.1, -0.05) is 6.92 Å². The van der Waals surface area contributed by atoms with Crippen molar-refractivity contribution in [2.75, 3.05) is 0 Å². The van der Waals surface area contributed by atoms with Crippen LogP contribution >= 0.6 is 38.6 Å². The second kappa shape index (κ2) is 5.83. The number of nitrogens with one attached hydrogen (secondary N) is 1. The molecule has 0 amide bonds. The molecule has 0 aliphatic rings. The third kappa shape index (κ3) is 3.03. The Hall–Kier alpha value is -0.210. The van der Waals surface area contributed by atoms with Crippen LogP contribution in [0.3, 0.4) is 0 Å². The summed E-state index contributed by atoms with van der Waals surface area (Å²) in [6.45, 7) is 2.42. The fourth-order valence-corrected chi connectivity index (χ4v) is 5.92. The fourth-order valence-electron chi connectivity index (χ4n) is 1.53. The third-order valence-electron chi connectivity index (χ3n) is 2.47. The first-order chi connectivity index (χ1) is 8.54. The van der Waals surface area contributed by atoms with Crippen LogP contribution in [0.25, 0.3) is 0 Å². The van der Waals surface area contributed by atoms with Crippen molar-refractivity contribution >= 4 is 48.6 Å². The summed E-state index contributed by atoms with van der Waals surface area (Å²) in [5.41, 5.74) is 1.20. The van der Waals surface area contributed by atoms with Gasteiger partial charge in [0.2, 0.25) is 0 Å². The van der Waals surface area contributed by atoms with E-state index in [1.165, 1.54) is 16.9 Å². The van der Waals surface area contributed by atoms with E-state index in [-0.39, 0.29) is 0 Å². The molecule has 0 aliphatic carbocycles. The zero-order valence-corrected chi connectivity index (χ0v) is 13.7. The molecule has 0 saturated heterocycles. The van der Waals surface area contributed by atoms with Crippen LogP contribution in [0.15, 0.2) is 31.6 Å². The number of sulfonamides is 1. The number of hydrogen-bond donors (Lipinski definition) is 1. The molecule has 0 fully saturated rings. The molecule has 0 aromatic carbocycles. The lowest BCUT2D eigenvalue weighted by molar-refractivity contribution is 0.583. The van der Waals surface area contributed by atoms with Crippen LogP contribution in [-0.2, 0) is 23.0 Å². The molecule has 1 N–H and O–H groups in total. The van der Waals surface area contributed by atoms with E-state index in [2.05, 4.69) is 27.6 Å². The summed E-state index contributed by atoms with van der Waals surface area (Å²) in [6, 6.07) is 3.78. The van der Waals surface area contributed by atoms with Gasteiger partial charge in [0.1, 0.15) is 4.21 Å². The Bertz CT molecular complexity index is 630. The number of aryl methyl sites for hydroxylation is 1. The predicted octanol–water partition coefficient (Wildman–Crippen LogP) is 3.61. The topological polar surface area (TPSA) is 46.2 Å². The maximum atomic E-state index is 12.1. The summed E-state index contributed by atoms with van der Waals surface area (Å²) in [6.07, 6.45) is 0.920. The molecule has 2 rings (SSSR count). The molecule has 2 heterocycles. The average molecular weight is 366 g/mol. The lowest BCUT2D eigenvalue weighted by Crippen LogP contribution is -2.22. The Labute approximate surface area is 123 Å². The lowest BCUT2D eigenvalue weighted by Gasteiger charge is -2.05. The van der Waals surface area contributed by atoms with E-state index in [1.54, 1.807) is 22.8 Å². The van der Waals surface area contributed by atoms with Gasteiger partial charge >= 0.3 is 0 Å². The SMILES string of the molecule is CCc1ccsc1CNS(=O)(=O)c1sccc1Br. The Morgan fingerprint density at radius 3 is 2.61 bits per heavy atom. The van der Waals surface area contributed by atoms with Crippen LogP contribution in [0, 0.1) is 0 Å². The lowest BCUT2D eigenvalue weighted by atomic mass is 10.2. The van der Waals surface area contributed by atoms with Gasteiger partial charge in [0.15, 0.2) is 0 Å². The van der Waals surface area contributed by atoms with Gasteiger partial charge in [-0.15, -0.1) is 22.7 Å². The van der Waals surface area contributed by atoms with Gasteiger partial charge in [0.05, 0.1) is 0 Å². The summed E-state index contributed by atoms with van der Waals surface area (Å²) in [4.78, 5) is 1.08. The Balaban J connectivity index is 2.13. The summed E-state index contributed by atoms with van der Waals surface area (Å²) < 4.78 is 27.8. The van der Waals surface area contributed by atoms with Crippen molar-refractivity contribution in [3.8, 4) is 0 Å². The van der Waals surface area contributed by atoms with Crippen molar-refractivity contribution in [2.24, 2.45) is 0 Å². The van der Waals surface area contributed by atoms with E-state index in [0.717, 1.165) is 11.3 Å². The summed E-state index contributed by atoms with van der Waals surface area (Å²) in [5, 5.41) is 3.74. The predicted molar refractivity (Wildman–Crippen MR) is 79.7 cm³/mol. The van der Waals surface area contributed by atoms with E-state index < -0.39 is 10.0 Å². The van der Waals surface area contributed by atoms with Gasteiger partial charge in [-0.05, 0) is 50.8 Å². The van der Waals surface area contributed by atoms with Gasteiger partial charge in [0.25, 0.3) is 10.0 Å². The van der Waals surface area contributed by atoms with Crippen molar-refractivity contribution in [3.05, 3.63) is 37.8 Å². The first-order valence-corrected chi connectivity index (χ1v) is 9.36. The maximum absolute atomic E-state index is 12.1. The normalized spacial score (nSPS) is 11.9. The van der Waals surface area contributed by atoms with Crippen LogP contribution < -0.4 is 4.72 Å². The second-order valence-corrected chi connectivity index (χ2v) is 8.34. The molecule has 98 valence electrons. The van der Waals surface area contributed by atoms with Crippen molar-refractivity contribution in [3.63, 3.8) is 0 Å². The first-order valence-electron chi connectivity index (χ1n) is 5.32. The minimum absolute atomic E-state index is 0.331. The van der Waals surface area contributed by atoms with Crippen LogP contribution in [-0.4, -0.2) is 8.42 Å². The molecule has 0 radical (unpaired) electrons. The highest BCUT2D eigenvalue weighted by atomic mass is 79.9. The Kier molecular flexibility index (Phi) is 4.60. The van der Waals surface area contributed by atoms with Crippen LogP contribution in [0.5, 0.6) is 0 Å². The quantitative estimate of drug-likeness (QED) is 0.879. The van der Waals surface area contributed by atoms with Crippen molar-refractivity contribution in [1.82, 2.24) is 4.72 Å². The van der Waals surface area contributed by atoms with Crippen molar-refractivity contribution < 1.29 is 8.42 Å². The largest absolute Gasteiger partial charge is 0.251 e. The molecule has 0 bridgehead atoms. The molecule has 2 aromatic heterocycles. The molecule has 2 aromatic rings. The average Bonchev–Trinajstić information content (AvgIpc) is 2.94. The maximum Gasteiger partial charge on any atom is 0.251 e. The van der Waals surface area contributed by atoms with Gasteiger partial charge in [-0.25, -0.2) is 13.1 Å². The van der Waals surface area contributed by atoms with Crippen LogP contribution in [0.2, 0.25) is 0 Å². The molecule has 0 saturated carbocycles. The highest BCUT2D eigenvalue weighted by Crippen LogP contribution is 2.27. The Morgan fingerprint density at radius 2 is 2.00 bits per heavy atom. The molecular weight excluding hydrogens is 354 g/mol. The molecule has 0 spiro atoms. The van der Waals surface area contributed by atoms with E-state index in [0.29, 0.717) is 15.2 Å². The number of rotatable bonds is 5. The monoisotopic (exact) mass is 365 g/mol. The summed E-state index contributed by atoms with van der Waals surface area (Å²) in [5.74, 6) is 0. The van der Waals surface area contributed by atoms with E-state index in [1.807, 2.05) is 11.4 Å². The van der Waals surface area contributed by atoms with Crippen LogP contribution in [0.1, 0.15) is 17.4 Å². The number of hydrogen-bond acceptors (Lipinski definition) is 4. The molecule has 18 heavy (non-hydrogen) atoms. The molecule has 0 aliphatic heterocycles. The summed E-state index contributed by atoms with van der Waals surface area (Å²) in [7, 11) is -3.42. The molecular formula is C11H12BrNO2S3. The van der Waals surface area contributed by atoms with Gasteiger partial charge in [-0.2, -0.15) is 0 Å². The standard InChI is InChI=1S/C11H12BrNO2S3/c1-2-8-3-5-16-10(8)7-13-18(14,15)11-9(12)4-6-17-11/h3-6,13H,2,7H2,1H3. The third-order valence-corrected chi connectivity index (χ3v) is 7.50. The van der Waals surface area contributed by atoms with Crippen molar-refractivity contribution in [2.45, 2.75) is 24.1 Å². The minimum atomic E-state index is -3.42. The van der Waals surface area contributed by atoms with Gasteiger partial charge < -0.3 is 0 Å². The van der Waals surface area contributed by atoms with E-state index >= 15 is 0 Å². The van der Waals surface area contributed by atoms with Crippen molar-refractivity contribution in [1.29, 1.82) is 0 Å². The zero-order chi connectivity index (χ0) is 13.2. The van der Waals surface area contributed by atoms with Gasteiger partial charge in [-0.3, -0.25) is 0 Å². The second-order valence-electron chi connectivity index (χ2n) is 3.60. The van der Waals surface area contributed by atoms with E-state index in [9.17, 15) is 8.42 Å². The number of thiophene rings is 2. The fraction of sp³-hybridized carbons (Fsp3) is 0.273. The van der Waals surface area contributed by atoms with Gasteiger partial charge in [0, 0.05) is 15.9 Å². The first kappa shape index (κ1) is 14.2.